The molecule has 88 valence electrons. The number of aromatic nitrogens is 1. The van der Waals surface area contributed by atoms with Gasteiger partial charge in [-0.3, -0.25) is 4.79 Å². The Kier molecular flexibility index (Phi) is 4.01. The van der Waals surface area contributed by atoms with Gasteiger partial charge < -0.3 is 11.5 Å². The van der Waals surface area contributed by atoms with Crippen molar-refractivity contribution in [1.29, 1.82) is 0 Å². The highest BCUT2D eigenvalue weighted by atomic mass is 16.1. The van der Waals surface area contributed by atoms with Crippen LogP contribution in [0.4, 0.5) is 5.82 Å². The van der Waals surface area contributed by atoms with E-state index in [-0.39, 0.29) is 5.78 Å². The molecule has 0 amide bonds. The Morgan fingerprint density at radius 1 is 1.56 bits per heavy atom. The fourth-order valence-electron chi connectivity index (χ4n) is 1.65. The fraction of sp³-hybridized carbons (Fsp3) is 0.500. The van der Waals surface area contributed by atoms with Crippen molar-refractivity contribution in [2.24, 2.45) is 5.73 Å². The molecule has 0 aliphatic heterocycles. The Balaban J connectivity index is 2.71. The molecule has 16 heavy (non-hydrogen) atoms. The van der Waals surface area contributed by atoms with E-state index in [4.69, 9.17) is 11.5 Å². The molecular weight excluding hydrogens is 202 g/mol. The molecule has 0 aliphatic rings. The van der Waals surface area contributed by atoms with E-state index in [1.165, 1.54) is 0 Å². The highest BCUT2D eigenvalue weighted by molar-refractivity contribution is 5.89. The normalized spacial score (nSPS) is 14.4. The number of Topliss-reactive ketones (excluding diaryl/α,β-unsaturated/α-hetero) is 1. The summed E-state index contributed by atoms with van der Waals surface area (Å²) in [5.74, 6) is 0.472. The van der Waals surface area contributed by atoms with Crippen LogP contribution in [0.3, 0.4) is 0 Å². The second-order valence-electron chi connectivity index (χ2n) is 4.36. The summed E-state index contributed by atoms with van der Waals surface area (Å²) in [7, 11) is 0. The van der Waals surface area contributed by atoms with Gasteiger partial charge in [0.15, 0.2) is 5.78 Å². The van der Waals surface area contributed by atoms with Crippen molar-refractivity contribution in [1.82, 2.24) is 4.98 Å². The Bertz CT molecular complexity index is 374. The first-order valence-corrected chi connectivity index (χ1v) is 5.48. The Morgan fingerprint density at radius 2 is 2.25 bits per heavy atom. The number of hydrogen-bond acceptors (Lipinski definition) is 4. The second kappa shape index (κ2) is 5.07. The first kappa shape index (κ1) is 12.6. The molecule has 0 fully saturated rings. The summed E-state index contributed by atoms with van der Waals surface area (Å²) < 4.78 is 0. The summed E-state index contributed by atoms with van der Waals surface area (Å²) in [5.41, 5.74) is 11.6. The van der Waals surface area contributed by atoms with Crippen LogP contribution in [0.1, 0.15) is 32.3 Å². The third-order valence-electron chi connectivity index (χ3n) is 2.62. The van der Waals surface area contributed by atoms with Gasteiger partial charge in [-0.1, -0.05) is 13.3 Å². The molecule has 1 aromatic rings. The summed E-state index contributed by atoms with van der Waals surface area (Å²) in [6.45, 7) is 3.80. The van der Waals surface area contributed by atoms with Crippen molar-refractivity contribution in [3.63, 3.8) is 0 Å². The van der Waals surface area contributed by atoms with E-state index in [0.717, 1.165) is 12.0 Å². The maximum atomic E-state index is 11.9. The zero-order chi connectivity index (χ0) is 12.2. The van der Waals surface area contributed by atoms with Crippen LogP contribution in [-0.2, 0) is 11.2 Å². The van der Waals surface area contributed by atoms with Gasteiger partial charge in [0.05, 0.1) is 5.54 Å². The van der Waals surface area contributed by atoms with Gasteiger partial charge in [-0.05, 0) is 31.0 Å². The first-order valence-electron chi connectivity index (χ1n) is 5.48. The molecule has 0 aromatic carbocycles. The smallest absolute Gasteiger partial charge is 0.156 e. The standard InChI is InChI=1S/C12H19N3O/c1-3-5-12(2,14)10(16)7-9-4-6-15-11(13)8-9/h4,6,8H,3,5,7,14H2,1-2H3,(H2,13,15). The summed E-state index contributed by atoms with van der Waals surface area (Å²) >= 11 is 0. The van der Waals surface area contributed by atoms with Crippen LogP contribution in [0.2, 0.25) is 0 Å². The molecule has 4 heteroatoms. The third-order valence-corrected chi connectivity index (χ3v) is 2.62. The molecule has 1 rings (SSSR count). The second-order valence-corrected chi connectivity index (χ2v) is 4.36. The topological polar surface area (TPSA) is 82.0 Å². The Morgan fingerprint density at radius 3 is 2.81 bits per heavy atom. The van der Waals surface area contributed by atoms with Crippen molar-refractivity contribution < 1.29 is 4.79 Å². The van der Waals surface area contributed by atoms with Crippen molar-refractivity contribution >= 4 is 11.6 Å². The lowest BCUT2D eigenvalue weighted by atomic mass is 9.89. The van der Waals surface area contributed by atoms with Gasteiger partial charge in [-0.2, -0.15) is 0 Å². The first-order chi connectivity index (χ1) is 7.45. The number of hydrogen-bond donors (Lipinski definition) is 2. The molecule has 1 unspecified atom stereocenters. The van der Waals surface area contributed by atoms with Crippen LogP contribution in [0.25, 0.3) is 0 Å². The minimum absolute atomic E-state index is 0.0416. The lowest BCUT2D eigenvalue weighted by molar-refractivity contribution is -0.123. The highest BCUT2D eigenvalue weighted by Gasteiger charge is 2.26. The van der Waals surface area contributed by atoms with Crippen LogP contribution in [0.15, 0.2) is 18.3 Å². The lowest BCUT2D eigenvalue weighted by Crippen LogP contribution is -2.45. The van der Waals surface area contributed by atoms with Crippen LogP contribution >= 0.6 is 0 Å². The van der Waals surface area contributed by atoms with Crippen molar-refractivity contribution in [3.05, 3.63) is 23.9 Å². The number of ketones is 1. The van der Waals surface area contributed by atoms with Gasteiger partial charge in [0.2, 0.25) is 0 Å². The molecule has 0 radical (unpaired) electrons. The molecule has 0 aliphatic carbocycles. The average molecular weight is 221 g/mol. The summed E-state index contributed by atoms with van der Waals surface area (Å²) in [6, 6.07) is 3.50. The van der Waals surface area contributed by atoms with Crippen LogP contribution in [-0.4, -0.2) is 16.3 Å². The van der Waals surface area contributed by atoms with E-state index in [1.54, 1.807) is 25.3 Å². The molecule has 1 atom stereocenters. The van der Waals surface area contributed by atoms with Crippen LogP contribution in [0.5, 0.6) is 0 Å². The molecule has 4 nitrogen and oxygen atoms in total. The maximum absolute atomic E-state index is 11.9. The minimum Gasteiger partial charge on any atom is -0.384 e. The van der Waals surface area contributed by atoms with Gasteiger partial charge in [0, 0.05) is 12.6 Å². The largest absolute Gasteiger partial charge is 0.384 e. The molecule has 0 bridgehead atoms. The molecule has 1 aromatic heterocycles. The molecule has 0 spiro atoms. The van der Waals surface area contributed by atoms with Gasteiger partial charge in [-0.25, -0.2) is 4.98 Å². The van der Waals surface area contributed by atoms with Crippen molar-refractivity contribution in [3.8, 4) is 0 Å². The number of nitrogens with two attached hydrogens (primary N) is 2. The SMILES string of the molecule is CCCC(C)(N)C(=O)Cc1ccnc(N)c1. The number of pyridine rings is 1. The summed E-state index contributed by atoms with van der Waals surface area (Å²) in [4.78, 5) is 15.8. The molecule has 0 saturated carbocycles. The Hall–Kier alpha value is -1.42. The number of anilines is 1. The zero-order valence-corrected chi connectivity index (χ0v) is 9.86. The van der Waals surface area contributed by atoms with Crippen LogP contribution < -0.4 is 11.5 Å². The summed E-state index contributed by atoms with van der Waals surface area (Å²) in [5, 5.41) is 0. The summed E-state index contributed by atoms with van der Waals surface area (Å²) in [6.07, 6.45) is 3.52. The molecular formula is C12H19N3O. The predicted molar refractivity (Wildman–Crippen MR) is 64.9 cm³/mol. The van der Waals surface area contributed by atoms with Gasteiger partial charge in [-0.15, -0.1) is 0 Å². The third kappa shape index (κ3) is 3.31. The zero-order valence-electron chi connectivity index (χ0n) is 9.86. The predicted octanol–water partition coefficient (Wildman–Crippen LogP) is 1.29. The Labute approximate surface area is 96.0 Å². The number of rotatable bonds is 5. The fourth-order valence-corrected chi connectivity index (χ4v) is 1.65. The van der Waals surface area contributed by atoms with E-state index in [1.807, 2.05) is 6.92 Å². The monoisotopic (exact) mass is 221 g/mol. The highest BCUT2D eigenvalue weighted by Crippen LogP contribution is 2.14. The van der Waals surface area contributed by atoms with E-state index >= 15 is 0 Å². The number of nitrogens with zero attached hydrogens (tertiary/aromatic N) is 1. The maximum Gasteiger partial charge on any atom is 0.156 e. The van der Waals surface area contributed by atoms with Crippen molar-refractivity contribution in [2.75, 3.05) is 5.73 Å². The number of carbonyl (C=O) groups is 1. The van der Waals surface area contributed by atoms with Crippen molar-refractivity contribution in [2.45, 2.75) is 38.6 Å². The van der Waals surface area contributed by atoms with E-state index in [9.17, 15) is 4.79 Å². The average Bonchev–Trinajstić information content (AvgIpc) is 2.17. The number of carbonyl (C=O) groups excluding carboxylic acids is 1. The molecule has 4 N–H and O–H groups in total. The number of nitrogen functional groups attached to an aromatic ring is 1. The van der Waals surface area contributed by atoms with Gasteiger partial charge in [0.1, 0.15) is 5.82 Å². The van der Waals surface area contributed by atoms with E-state index < -0.39 is 5.54 Å². The quantitative estimate of drug-likeness (QED) is 0.785. The minimum atomic E-state index is -0.743. The van der Waals surface area contributed by atoms with E-state index in [2.05, 4.69) is 4.98 Å². The molecule has 0 saturated heterocycles. The van der Waals surface area contributed by atoms with E-state index in [0.29, 0.717) is 18.7 Å². The van der Waals surface area contributed by atoms with Gasteiger partial charge in [0.25, 0.3) is 0 Å². The van der Waals surface area contributed by atoms with Crippen LogP contribution in [0, 0.1) is 0 Å². The lowest BCUT2D eigenvalue weighted by Gasteiger charge is -2.22. The molecule has 1 heterocycles. The van der Waals surface area contributed by atoms with Gasteiger partial charge >= 0.3 is 0 Å².